The van der Waals surface area contributed by atoms with Crippen LogP contribution in [0.2, 0.25) is 0 Å². The summed E-state index contributed by atoms with van der Waals surface area (Å²) in [5, 5.41) is 10.2. The van der Waals surface area contributed by atoms with Crippen molar-refractivity contribution in [1.82, 2.24) is 4.90 Å². The number of nitrogens with zero attached hydrogens (tertiary/aromatic N) is 1. The van der Waals surface area contributed by atoms with Crippen LogP contribution in [0, 0.1) is 5.41 Å². The van der Waals surface area contributed by atoms with Gasteiger partial charge in [-0.05, 0) is 31.4 Å². The molecule has 4 nitrogen and oxygen atoms in total. The highest BCUT2D eigenvalue weighted by Gasteiger charge is 2.52. The lowest BCUT2D eigenvalue weighted by Crippen LogP contribution is -2.47. The molecule has 2 aliphatic heterocycles. The number of fused-ring (bicyclic) bond motifs is 2. The van der Waals surface area contributed by atoms with Crippen molar-refractivity contribution < 1.29 is 14.6 Å². The average molecular weight is 335 g/mol. The van der Waals surface area contributed by atoms with Crippen molar-refractivity contribution in [3.05, 3.63) is 59.7 Å². The van der Waals surface area contributed by atoms with E-state index in [4.69, 9.17) is 4.74 Å². The number of para-hydroxylation sites is 2. The molecule has 1 amide bonds. The maximum Gasteiger partial charge on any atom is 0.234 e. The molecule has 2 unspecified atom stereocenters. The number of benzene rings is 2. The second-order valence-corrected chi connectivity index (χ2v) is 7.54. The first-order chi connectivity index (χ1) is 12.2. The Kier molecular flexibility index (Phi) is 3.19. The Morgan fingerprint density at radius 1 is 1.04 bits per heavy atom. The second-order valence-electron chi connectivity index (χ2n) is 7.54. The molecule has 1 spiro atoms. The molecule has 2 atom stereocenters. The van der Waals surface area contributed by atoms with Crippen LogP contribution in [0.1, 0.15) is 36.3 Å². The van der Waals surface area contributed by atoms with Crippen LogP contribution in [0.5, 0.6) is 11.5 Å². The largest absolute Gasteiger partial charge is 0.457 e. The molecule has 5 rings (SSSR count). The van der Waals surface area contributed by atoms with Gasteiger partial charge in [-0.3, -0.25) is 4.79 Å². The lowest BCUT2D eigenvalue weighted by molar-refractivity contribution is -0.132. The van der Waals surface area contributed by atoms with Gasteiger partial charge in [0.1, 0.15) is 11.5 Å². The summed E-state index contributed by atoms with van der Waals surface area (Å²) in [5.41, 5.74) is 1.81. The van der Waals surface area contributed by atoms with Crippen molar-refractivity contribution in [1.29, 1.82) is 0 Å². The summed E-state index contributed by atoms with van der Waals surface area (Å²) in [5.74, 6) is 1.32. The van der Waals surface area contributed by atoms with Crippen LogP contribution in [0.25, 0.3) is 0 Å². The van der Waals surface area contributed by atoms with Gasteiger partial charge in [-0.25, -0.2) is 0 Å². The number of hydrogen-bond donors (Lipinski definition) is 1. The third-order valence-corrected chi connectivity index (χ3v) is 6.25. The fourth-order valence-electron chi connectivity index (χ4n) is 4.60. The lowest BCUT2D eigenvalue weighted by Gasteiger charge is -2.43. The smallest absolute Gasteiger partial charge is 0.234 e. The van der Waals surface area contributed by atoms with Gasteiger partial charge in [-0.15, -0.1) is 0 Å². The van der Waals surface area contributed by atoms with Gasteiger partial charge in [0.2, 0.25) is 5.91 Å². The zero-order valence-corrected chi connectivity index (χ0v) is 14.0. The Labute approximate surface area is 147 Å². The quantitative estimate of drug-likeness (QED) is 0.870. The van der Waals surface area contributed by atoms with Crippen molar-refractivity contribution >= 4 is 5.91 Å². The van der Waals surface area contributed by atoms with Crippen LogP contribution in [0.15, 0.2) is 48.5 Å². The molecule has 128 valence electrons. The van der Waals surface area contributed by atoms with Crippen LogP contribution < -0.4 is 4.74 Å². The first-order valence-corrected chi connectivity index (χ1v) is 9.00. The molecule has 1 saturated carbocycles. The number of carbonyl (C=O) groups excluding carboxylic acids is 1. The fourth-order valence-corrected chi connectivity index (χ4v) is 4.60. The third-order valence-electron chi connectivity index (χ3n) is 6.25. The molecule has 1 aliphatic carbocycles. The minimum Gasteiger partial charge on any atom is -0.457 e. The number of hydrogen-bond acceptors (Lipinski definition) is 3. The van der Waals surface area contributed by atoms with E-state index in [-0.39, 0.29) is 23.3 Å². The number of amides is 1. The highest BCUT2D eigenvalue weighted by atomic mass is 16.5. The van der Waals surface area contributed by atoms with E-state index in [2.05, 4.69) is 0 Å². The van der Waals surface area contributed by atoms with E-state index in [1.807, 2.05) is 53.4 Å². The van der Waals surface area contributed by atoms with Crippen molar-refractivity contribution in [3.8, 4) is 11.5 Å². The van der Waals surface area contributed by atoms with E-state index in [0.717, 1.165) is 48.4 Å². The lowest BCUT2D eigenvalue weighted by atomic mass is 9.65. The van der Waals surface area contributed by atoms with Crippen molar-refractivity contribution in [2.24, 2.45) is 5.41 Å². The van der Waals surface area contributed by atoms with Crippen molar-refractivity contribution in [2.75, 3.05) is 13.1 Å². The minimum absolute atomic E-state index is 0.0557. The molecule has 0 aromatic heterocycles. The monoisotopic (exact) mass is 335 g/mol. The predicted octanol–water partition coefficient (Wildman–Crippen LogP) is 3.30. The standard InChI is InChI=1S/C21H21NO3/c23-18-9-10-21(18)11-12-22(13-21)20(24)19-14-5-1-3-7-16(14)25-17-8-4-2-6-15(17)19/h1-8,18-19,23H,9-13H2. The molecule has 1 N–H and O–H groups in total. The molecule has 2 aromatic rings. The SMILES string of the molecule is O=C(C1c2ccccc2Oc2ccccc21)N1CCC2(CCC2O)C1. The molecule has 2 aromatic carbocycles. The van der Waals surface area contributed by atoms with Gasteiger partial charge < -0.3 is 14.7 Å². The van der Waals surface area contributed by atoms with Gasteiger partial charge in [0.25, 0.3) is 0 Å². The molecule has 0 bridgehead atoms. The Hall–Kier alpha value is -2.33. The summed E-state index contributed by atoms with van der Waals surface area (Å²) in [6.45, 7) is 1.41. The molecule has 2 fully saturated rings. The third kappa shape index (κ3) is 2.13. The van der Waals surface area contributed by atoms with E-state index in [1.165, 1.54) is 0 Å². The number of aliphatic hydroxyl groups is 1. The maximum atomic E-state index is 13.4. The Morgan fingerprint density at radius 2 is 1.68 bits per heavy atom. The number of carbonyl (C=O) groups is 1. The Bertz CT molecular complexity index is 803. The fraction of sp³-hybridized carbons (Fsp3) is 0.381. The summed E-state index contributed by atoms with van der Waals surface area (Å²) in [6.07, 6.45) is 2.55. The van der Waals surface area contributed by atoms with Crippen molar-refractivity contribution in [3.63, 3.8) is 0 Å². The van der Waals surface area contributed by atoms with Gasteiger partial charge in [-0.1, -0.05) is 36.4 Å². The van der Waals surface area contributed by atoms with Gasteiger partial charge in [0.05, 0.1) is 12.0 Å². The predicted molar refractivity (Wildman–Crippen MR) is 93.7 cm³/mol. The highest BCUT2D eigenvalue weighted by molar-refractivity contribution is 5.90. The molecular formula is C21H21NO3. The number of likely N-dealkylation sites (tertiary alicyclic amines) is 1. The van der Waals surface area contributed by atoms with Crippen LogP contribution >= 0.6 is 0 Å². The average Bonchev–Trinajstić information content (AvgIpc) is 3.12. The molecular weight excluding hydrogens is 314 g/mol. The summed E-state index contributed by atoms with van der Waals surface area (Å²) >= 11 is 0. The van der Waals surface area contributed by atoms with Crippen LogP contribution in [0.4, 0.5) is 0 Å². The summed E-state index contributed by atoms with van der Waals surface area (Å²) in [7, 11) is 0. The van der Waals surface area contributed by atoms with Gasteiger partial charge in [0, 0.05) is 29.6 Å². The normalized spacial score (nSPS) is 27.4. The molecule has 1 saturated heterocycles. The van der Waals surface area contributed by atoms with Crippen LogP contribution in [-0.4, -0.2) is 35.1 Å². The Morgan fingerprint density at radius 3 is 2.20 bits per heavy atom. The molecule has 3 aliphatic rings. The second kappa shape index (κ2) is 5.33. The van der Waals surface area contributed by atoms with Crippen LogP contribution in [-0.2, 0) is 4.79 Å². The van der Waals surface area contributed by atoms with Gasteiger partial charge in [-0.2, -0.15) is 0 Å². The zero-order valence-electron chi connectivity index (χ0n) is 14.0. The van der Waals surface area contributed by atoms with Gasteiger partial charge >= 0.3 is 0 Å². The molecule has 4 heteroatoms. The summed E-state index contributed by atoms with van der Waals surface area (Å²) in [4.78, 5) is 15.4. The number of rotatable bonds is 1. The van der Waals surface area contributed by atoms with E-state index >= 15 is 0 Å². The Balaban J connectivity index is 1.52. The maximum absolute atomic E-state index is 13.4. The number of ether oxygens (including phenoxy) is 1. The van der Waals surface area contributed by atoms with E-state index < -0.39 is 0 Å². The zero-order chi connectivity index (χ0) is 17.0. The summed E-state index contributed by atoms with van der Waals surface area (Å²) < 4.78 is 6.00. The van der Waals surface area contributed by atoms with E-state index in [9.17, 15) is 9.90 Å². The minimum atomic E-state index is -0.325. The van der Waals surface area contributed by atoms with Gasteiger partial charge in [0.15, 0.2) is 0 Å². The molecule has 2 heterocycles. The first-order valence-electron chi connectivity index (χ1n) is 9.00. The first kappa shape index (κ1) is 15.0. The summed E-state index contributed by atoms with van der Waals surface area (Å²) in [6, 6.07) is 15.6. The highest BCUT2D eigenvalue weighted by Crippen LogP contribution is 2.50. The number of aliphatic hydroxyl groups excluding tert-OH is 1. The van der Waals surface area contributed by atoms with Crippen molar-refractivity contribution in [2.45, 2.75) is 31.3 Å². The van der Waals surface area contributed by atoms with E-state index in [0.29, 0.717) is 6.54 Å². The topological polar surface area (TPSA) is 49.8 Å². The molecule has 25 heavy (non-hydrogen) atoms. The van der Waals surface area contributed by atoms with E-state index in [1.54, 1.807) is 0 Å². The van der Waals surface area contributed by atoms with Crippen LogP contribution in [0.3, 0.4) is 0 Å². The molecule has 0 radical (unpaired) electrons.